The fourth-order valence-corrected chi connectivity index (χ4v) is 4.62. The number of anilines is 1. The van der Waals surface area contributed by atoms with Crippen molar-refractivity contribution in [2.75, 3.05) is 31.7 Å². The number of halogens is 1. The molecule has 6 nitrogen and oxygen atoms in total. The Morgan fingerprint density at radius 3 is 2.58 bits per heavy atom. The highest BCUT2D eigenvalue weighted by Crippen LogP contribution is 2.39. The molecule has 3 aromatic rings. The van der Waals surface area contributed by atoms with Gasteiger partial charge in [0, 0.05) is 32.8 Å². The summed E-state index contributed by atoms with van der Waals surface area (Å²) in [5.74, 6) is 0. The van der Waals surface area contributed by atoms with Gasteiger partial charge in [-0.25, -0.2) is 9.97 Å². The van der Waals surface area contributed by atoms with Crippen LogP contribution in [0.5, 0.6) is 0 Å². The third-order valence-electron chi connectivity index (χ3n) is 5.15. The Morgan fingerprint density at radius 1 is 1.23 bits per heavy atom. The van der Waals surface area contributed by atoms with Crippen LogP contribution in [0.3, 0.4) is 0 Å². The van der Waals surface area contributed by atoms with Gasteiger partial charge in [-0.15, -0.1) is 0 Å². The number of hydrogen-bond acceptors (Lipinski definition) is 6. The first-order chi connectivity index (χ1) is 14.9. The number of nitrogens with zero attached hydrogens (tertiary/aromatic N) is 5. The summed E-state index contributed by atoms with van der Waals surface area (Å²) >= 11 is 8.12. The van der Waals surface area contributed by atoms with Crippen molar-refractivity contribution in [3.05, 3.63) is 22.5 Å². The Balaban J connectivity index is 0.00000166. The third kappa shape index (κ3) is 5.76. The highest BCUT2D eigenvalue weighted by molar-refractivity contribution is 7.19. The number of aryl methyl sites for hydroxylation is 2. The van der Waals surface area contributed by atoms with Crippen LogP contribution in [0.25, 0.3) is 21.6 Å². The fourth-order valence-electron chi connectivity index (χ4n) is 3.29. The molecule has 0 bridgehead atoms. The highest BCUT2D eigenvalue weighted by Gasteiger charge is 2.20. The molecular formula is C23H36ClN5OS. The quantitative estimate of drug-likeness (QED) is 0.329. The Kier molecular flexibility index (Phi) is 9.72. The second kappa shape index (κ2) is 11.8. The molecule has 0 aliphatic rings. The molecule has 1 unspecified atom stereocenters. The van der Waals surface area contributed by atoms with Crippen LogP contribution in [0.2, 0.25) is 5.15 Å². The summed E-state index contributed by atoms with van der Waals surface area (Å²) in [6.07, 6.45) is 1.98. The first-order valence-corrected chi connectivity index (χ1v) is 12.4. The van der Waals surface area contributed by atoms with Crippen molar-refractivity contribution in [1.82, 2.24) is 19.7 Å². The molecule has 3 rings (SSSR count). The standard InChI is InChI=1S/C21H30ClN5OS.C2H6/c1-7-14(4)27-16-12-13(3)17(23-18(16)15(5)25-27)19-20(22)24-21(29-19)26(6)10-9-11-28-8-2;1-2/h12,14H,7-11H2,1-6H3;1-2H3. The maximum Gasteiger partial charge on any atom is 0.187 e. The average molecular weight is 466 g/mol. The van der Waals surface area contributed by atoms with E-state index >= 15 is 0 Å². The summed E-state index contributed by atoms with van der Waals surface area (Å²) < 4.78 is 7.51. The second-order valence-electron chi connectivity index (χ2n) is 7.40. The molecule has 3 aromatic heterocycles. The van der Waals surface area contributed by atoms with Gasteiger partial charge in [-0.2, -0.15) is 5.10 Å². The molecule has 31 heavy (non-hydrogen) atoms. The topological polar surface area (TPSA) is 56.1 Å². The molecule has 0 radical (unpaired) electrons. The molecule has 0 aliphatic carbocycles. The van der Waals surface area contributed by atoms with E-state index in [1.165, 1.54) is 0 Å². The lowest BCUT2D eigenvalue weighted by Gasteiger charge is -2.15. The van der Waals surface area contributed by atoms with E-state index in [-0.39, 0.29) is 0 Å². The molecule has 0 fully saturated rings. The normalized spacial score (nSPS) is 12.0. The van der Waals surface area contributed by atoms with Crippen LogP contribution in [-0.2, 0) is 4.74 Å². The van der Waals surface area contributed by atoms with Gasteiger partial charge in [-0.05, 0) is 52.2 Å². The number of aromatic nitrogens is 4. The summed E-state index contributed by atoms with van der Waals surface area (Å²) in [4.78, 5) is 12.6. The van der Waals surface area contributed by atoms with E-state index < -0.39 is 0 Å². The van der Waals surface area contributed by atoms with E-state index in [0.717, 1.165) is 70.6 Å². The molecule has 0 amide bonds. The fraction of sp³-hybridized carbons (Fsp3) is 0.609. The Labute approximate surface area is 195 Å². The van der Waals surface area contributed by atoms with Gasteiger partial charge in [-0.3, -0.25) is 4.68 Å². The minimum Gasteiger partial charge on any atom is -0.382 e. The molecule has 0 saturated carbocycles. The molecule has 0 aromatic carbocycles. The second-order valence-corrected chi connectivity index (χ2v) is 8.73. The monoisotopic (exact) mass is 465 g/mol. The minimum absolute atomic E-state index is 0.335. The van der Waals surface area contributed by atoms with Gasteiger partial charge in [0.2, 0.25) is 0 Å². The summed E-state index contributed by atoms with van der Waals surface area (Å²) in [5.41, 5.74) is 4.92. The number of fused-ring (bicyclic) bond motifs is 1. The van der Waals surface area contributed by atoms with Crippen LogP contribution in [0.1, 0.15) is 64.8 Å². The summed E-state index contributed by atoms with van der Waals surface area (Å²) in [5, 5.41) is 6.13. The van der Waals surface area contributed by atoms with E-state index in [1.54, 1.807) is 11.3 Å². The van der Waals surface area contributed by atoms with Gasteiger partial charge in [0.25, 0.3) is 0 Å². The predicted molar refractivity (Wildman–Crippen MR) is 134 cm³/mol. The van der Waals surface area contributed by atoms with Crippen molar-refractivity contribution in [2.24, 2.45) is 0 Å². The van der Waals surface area contributed by atoms with E-state index in [2.05, 4.69) is 41.4 Å². The molecule has 0 N–H and O–H groups in total. The summed E-state index contributed by atoms with van der Waals surface area (Å²) in [6, 6.07) is 2.51. The van der Waals surface area contributed by atoms with Crippen molar-refractivity contribution in [2.45, 2.75) is 67.3 Å². The van der Waals surface area contributed by atoms with Gasteiger partial charge in [0.1, 0.15) is 5.52 Å². The Morgan fingerprint density at radius 2 is 1.94 bits per heavy atom. The average Bonchev–Trinajstić information content (AvgIpc) is 3.31. The van der Waals surface area contributed by atoms with Crippen molar-refractivity contribution in [3.63, 3.8) is 0 Å². The van der Waals surface area contributed by atoms with E-state index in [9.17, 15) is 0 Å². The van der Waals surface area contributed by atoms with Gasteiger partial charge in [0.15, 0.2) is 10.3 Å². The first kappa shape index (κ1) is 25.6. The molecular weight excluding hydrogens is 430 g/mol. The molecule has 172 valence electrons. The summed E-state index contributed by atoms with van der Waals surface area (Å²) in [6.45, 7) is 16.8. The molecule has 1 atom stereocenters. The van der Waals surface area contributed by atoms with Crippen LogP contribution in [-0.4, -0.2) is 46.6 Å². The van der Waals surface area contributed by atoms with Crippen LogP contribution in [0, 0.1) is 13.8 Å². The van der Waals surface area contributed by atoms with Crippen LogP contribution >= 0.6 is 22.9 Å². The van der Waals surface area contributed by atoms with E-state index in [4.69, 9.17) is 26.4 Å². The maximum atomic E-state index is 6.54. The highest BCUT2D eigenvalue weighted by atomic mass is 35.5. The lowest BCUT2D eigenvalue weighted by molar-refractivity contribution is 0.146. The maximum absolute atomic E-state index is 6.54. The van der Waals surface area contributed by atoms with Crippen molar-refractivity contribution >= 4 is 39.1 Å². The van der Waals surface area contributed by atoms with Crippen molar-refractivity contribution in [1.29, 1.82) is 0 Å². The number of thiazole rings is 1. The molecule has 0 aliphatic heterocycles. The van der Waals surface area contributed by atoms with Crippen molar-refractivity contribution in [3.8, 4) is 10.6 Å². The smallest absolute Gasteiger partial charge is 0.187 e. The SMILES string of the molecule is CC.CCOCCCN(C)c1nc(Cl)c(-c2nc3c(C)nn(C(C)CC)c3cc2C)s1. The Hall–Kier alpha value is -1.70. The number of pyridine rings is 1. The minimum atomic E-state index is 0.335. The Bertz CT molecular complexity index is 984. The van der Waals surface area contributed by atoms with Crippen LogP contribution in [0.15, 0.2) is 6.07 Å². The van der Waals surface area contributed by atoms with Gasteiger partial charge in [0.05, 0.1) is 21.8 Å². The zero-order chi connectivity index (χ0) is 23.1. The largest absolute Gasteiger partial charge is 0.382 e. The molecule has 0 saturated heterocycles. The summed E-state index contributed by atoms with van der Waals surface area (Å²) in [7, 11) is 2.04. The van der Waals surface area contributed by atoms with E-state index in [1.807, 2.05) is 34.7 Å². The lowest BCUT2D eigenvalue weighted by atomic mass is 10.1. The van der Waals surface area contributed by atoms with Crippen molar-refractivity contribution < 1.29 is 4.74 Å². The van der Waals surface area contributed by atoms with Gasteiger partial charge in [-0.1, -0.05) is 43.7 Å². The third-order valence-corrected chi connectivity index (χ3v) is 6.71. The van der Waals surface area contributed by atoms with E-state index in [0.29, 0.717) is 11.2 Å². The van der Waals surface area contributed by atoms with Gasteiger partial charge < -0.3 is 9.64 Å². The van der Waals surface area contributed by atoms with Crippen LogP contribution < -0.4 is 4.90 Å². The van der Waals surface area contributed by atoms with Gasteiger partial charge >= 0.3 is 0 Å². The molecule has 0 spiro atoms. The van der Waals surface area contributed by atoms with Crippen LogP contribution in [0.4, 0.5) is 5.13 Å². The lowest BCUT2D eigenvalue weighted by Crippen LogP contribution is -2.19. The zero-order valence-electron chi connectivity index (χ0n) is 20.1. The number of ether oxygens (including phenoxy) is 1. The number of rotatable bonds is 9. The molecule has 3 heterocycles. The molecule has 8 heteroatoms. The zero-order valence-corrected chi connectivity index (χ0v) is 21.7. The first-order valence-electron chi connectivity index (χ1n) is 11.2. The predicted octanol–water partition coefficient (Wildman–Crippen LogP) is 6.69. The number of hydrogen-bond donors (Lipinski definition) is 0.